The molecule has 4 nitrogen and oxygen atoms in total. The molecule has 0 saturated carbocycles. The zero-order valence-corrected chi connectivity index (χ0v) is 21.0. The van der Waals surface area contributed by atoms with E-state index < -0.39 is 15.9 Å². The first kappa shape index (κ1) is 24.2. The van der Waals surface area contributed by atoms with E-state index in [9.17, 15) is 13.5 Å². The third-order valence-electron chi connectivity index (χ3n) is 5.79. The van der Waals surface area contributed by atoms with Crippen LogP contribution in [0.5, 0.6) is 0 Å². The van der Waals surface area contributed by atoms with E-state index in [4.69, 9.17) is 0 Å². The van der Waals surface area contributed by atoms with E-state index in [1.165, 1.54) is 6.26 Å². The van der Waals surface area contributed by atoms with Gasteiger partial charge >= 0.3 is 0 Å². The molecule has 0 radical (unpaired) electrons. The molecular weight excluding hydrogens is 474 g/mol. The monoisotopic (exact) mass is 505 g/mol. The predicted octanol–water partition coefficient (Wildman–Crippen LogP) is 6.09. The van der Waals surface area contributed by atoms with Crippen LogP contribution in [0.1, 0.15) is 51.2 Å². The number of hydrogen-bond donors (Lipinski definition) is 1. The molecule has 31 heavy (non-hydrogen) atoms. The van der Waals surface area contributed by atoms with Crippen molar-refractivity contribution in [2.45, 2.75) is 50.5 Å². The third-order valence-corrected chi connectivity index (χ3v) is 7.39. The second-order valence-electron chi connectivity index (χ2n) is 8.33. The fourth-order valence-electron chi connectivity index (χ4n) is 4.05. The van der Waals surface area contributed by atoms with Gasteiger partial charge in [-0.2, -0.15) is 0 Å². The van der Waals surface area contributed by atoms with Crippen molar-refractivity contribution >= 4 is 47.3 Å². The van der Waals surface area contributed by atoms with Gasteiger partial charge in [0, 0.05) is 17.3 Å². The fourth-order valence-corrected chi connectivity index (χ4v) is 5.07. The van der Waals surface area contributed by atoms with Gasteiger partial charge in [-0.05, 0) is 83.4 Å². The Balaban J connectivity index is 2.11. The SMILES string of the molecule is CCCCN(CCCC)CC(O)c1cc2cc(Br)ccc2c2cc(S(C)(=O)=O)ccc12. The van der Waals surface area contributed by atoms with Gasteiger partial charge in [-0.3, -0.25) is 0 Å². The Morgan fingerprint density at radius 3 is 2.19 bits per heavy atom. The average Bonchev–Trinajstić information content (AvgIpc) is 2.73. The minimum absolute atomic E-state index is 0.295. The zero-order valence-electron chi connectivity index (χ0n) is 18.6. The van der Waals surface area contributed by atoms with Crippen LogP contribution in [-0.2, 0) is 9.84 Å². The molecule has 1 unspecified atom stereocenters. The van der Waals surface area contributed by atoms with E-state index in [1.807, 2.05) is 30.3 Å². The number of halogens is 1. The van der Waals surface area contributed by atoms with Gasteiger partial charge in [-0.1, -0.05) is 54.8 Å². The van der Waals surface area contributed by atoms with E-state index >= 15 is 0 Å². The maximum Gasteiger partial charge on any atom is 0.175 e. The highest BCUT2D eigenvalue weighted by molar-refractivity contribution is 9.10. The van der Waals surface area contributed by atoms with Crippen molar-refractivity contribution in [3.8, 4) is 0 Å². The maximum absolute atomic E-state index is 12.2. The highest BCUT2D eigenvalue weighted by Crippen LogP contribution is 2.35. The Kier molecular flexibility index (Phi) is 8.14. The molecule has 1 N–H and O–H groups in total. The molecule has 3 rings (SSSR count). The number of benzene rings is 3. The van der Waals surface area contributed by atoms with Crippen LogP contribution < -0.4 is 0 Å². The van der Waals surface area contributed by atoms with Crippen LogP contribution >= 0.6 is 15.9 Å². The third kappa shape index (κ3) is 5.86. The molecule has 0 fully saturated rings. The minimum Gasteiger partial charge on any atom is -0.387 e. The summed E-state index contributed by atoms with van der Waals surface area (Å²) in [5.41, 5.74) is 0.846. The van der Waals surface area contributed by atoms with Crippen molar-refractivity contribution in [1.82, 2.24) is 4.90 Å². The first-order chi connectivity index (χ1) is 14.7. The summed E-state index contributed by atoms with van der Waals surface area (Å²) in [4.78, 5) is 2.64. The van der Waals surface area contributed by atoms with Crippen molar-refractivity contribution < 1.29 is 13.5 Å². The number of nitrogens with zero attached hydrogens (tertiary/aromatic N) is 1. The first-order valence-corrected chi connectivity index (χ1v) is 13.7. The lowest BCUT2D eigenvalue weighted by Crippen LogP contribution is -2.30. The van der Waals surface area contributed by atoms with E-state index in [1.54, 1.807) is 12.1 Å². The quantitative estimate of drug-likeness (QED) is 0.338. The lowest BCUT2D eigenvalue weighted by Gasteiger charge is -2.26. The van der Waals surface area contributed by atoms with Gasteiger partial charge in [-0.15, -0.1) is 0 Å². The molecule has 0 aliphatic carbocycles. The second-order valence-corrected chi connectivity index (χ2v) is 11.3. The van der Waals surface area contributed by atoms with Crippen molar-refractivity contribution in [1.29, 1.82) is 0 Å². The molecule has 0 aromatic heterocycles. The van der Waals surface area contributed by atoms with Crippen molar-refractivity contribution in [2.24, 2.45) is 0 Å². The molecule has 0 amide bonds. The summed E-state index contributed by atoms with van der Waals surface area (Å²) in [5.74, 6) is 0. The van der Waals surface area contributed by atoms with Crippen LogP contribution in [0.3, 0.4) is 0 Å². The van der Waals surface area contributed by atoms with E-state index in [0.29, 0.717) is 11.4 Å². The summed E-state index contributed by atoms with van der Waals surface area (Å²) < 4.78 is 25.3. The number of aliphatic hydroxyl groups is 1. The summed E-state index contributed by atoms with van der Waals surface area (Å²) in [6, 6.07) is 13.2. The highest BCUT2D eigenvalue weighted by atomic mass is 79.9. The molecule has 1 atom stereocenters. The number of hydrogen-bond acceptors (Lipinski definition) is 4. The molecule has 3 aromatic rings. The topological polar surface area (TPSA) is 57.6 Å². The Bertz CT molecular complexity index is 1150. The fraction of sp³-hybridized carbons (Fsp3) is 0.440. The van der Waals surface area contributed by atoms with E-state index in [-0.39, 0.29) is 0 Å². The van der Waals surface area contributed by atoms with Crippen LogP contribution in [0.2, 0.25) is 0 Å². The van der Waals surface area contributed by atoms with Gasteiger partial charge in [0.1, 0.15) is 0 Å². The molecule has 0 spiro atoms. The molecule has 6 heteroatoms. The molecule has 0 aliphatic rings. The largest absolute Gasteiger partial charge is 0.387 e. The Hall–Kier alpha value is -1.47. The summed E-state index contributed by atoms with van der Waals surface area (Å²) in [7, 11) is -3.32. The van der Waals surface area contributed by atoms with Crippen LogP contribution in [0.25, 0.3) is 21.5 Å². The zero-order chi connectivity index (χ0) is 22.6. The summed E-state index contributed by atoms with van der Waals surface area (Å²) >= 11 is 3.53. The lowest BCUT2D eigenvalue weighted by molar-refractivity contribution is 0.112. The van der Waals surface area contributed by atoms with E-state index in [2.05, 4.69) is 34.7 Å². The van der Waals surface area contributed by atoms with Crippen LogP contribution in [0, 0.1) is 0 Å². The number of sulfone groups is 1. The smallest absolute Gasteiger partial charge is 0.175 e. The molecule has 0 heterocycles. The molecule has 168 valence electrons. The van der Waals surface area contributed by atoms with Crippen molar-refractivity contribution in [3.05, 3.63) is 52.5 Å². The molecular formula is C25H32BrNO3S. The number of fused-ring (bicyclic) bond motifs is 3. The van der Waals surface area contributed by atoms with Gasteiger partial charge in [0.15, 0.2) is 9.84 Å². The average molecular weight is 507 g/mol. The lowest BCUT2D eigenvalue weighted by atomic mass is 9.94. The number of rotatable bonds is 10. The predicted molar refractivity (Wildman–Crippen MR) is 133 cm³/mol. The molecule has 0 saturated heterocycles. The second kappa shape index (κ2) is 10.4. The molecule has 0 aliphatic heterocycles. The van der Waals surface area contributed by atoms with Gasteiger partial charge in [0.25, 0.3) is 0 Å². The normalized spacial score (nSPS) is 13.4. The minimum atomic E-state index is -3.32. The Morgan fingerprint density at radius 1 is 0.935 bits per heavy atom. The van der Waals surface area contributed by atoms with Crippen LogP contribution in [0.4, 0.5) is 0 Å². The van der Waals surface area contributed by atoms with Gasteiger partial charge in [0.05, 0.1) is 11.0 Å². The standard InChI is InChI=1S/C25H32BrNO3S/c1-4-6-12-27(13-7-5-2)17-25(28)24-15-18-14-19(26)8-10-21(18)23-16-20(31(3,29)30)9-11-22(23)24/h8-11,14-16,25,28H,4-7,12-13,17H2,1-3H3. The molecule has 0 bridgehead atoms. The highest BCUT2D eigenvalue weighted by Gasteiger charge is 2.19. The summed E-state index contributed by atoms with van der Waals surface area (Å²) in [5, 5.41) is 15.0. The van der Waals surface area contributed by atoms with Gasteiger partial charge in [-0.25, -0.2) is 8.42 Å². The Labute approximate surface area is 194 Å². The maximum atomic E-state index is 12.2. The number of aliphatic hydroxyl groups excluding tert-OH is 1. The van der Waals surface area contributed by atoms with Crippen molar-refractivity contribution in [3.63, 3.8) is 0 Å². The summed E-state index contributed by atoms with van der Waals surface area (Å²) in [6.07, 6.45) is 5.05. The van der Waals surface area contributed by atoms with Crippen LogP contribution in [0.15, 0.2) is 51.8 Å². The summed E-state index contributed by atoms with van der Waals surface area (Å²) in [6.45, 7) is 6.89. The van der Waals surface area contributed by atoms with Crippen molar-refractivity contribution in [2.75, 3.05) is 25.9 Å². The van der Waals surface area contributed by atoms with Gasteiger partial charge < -0.3 is 10.0 Å². The number of unbranched alkanes of at least 4 members (excludes halogenated alkanes) is 2. The van der Waals surface area contributed by atoms with E-state index in [0.717, 1.165) is 70.4 Å². The van der Waals surface area contributed by atoms with Gasteiger partial charge in [0.2, 0.25) is 0 Å². The molecule has 3 aromatic carbocycles. The van der Waals surface area contributed by atoms with Crippen LogP contribution in [-0.4, -0.2) is 44.3 Å². The first-order valence-electron chi connectivity index (χ1n) is 11.0. The Morgan fingerprint density at radius 2 is 1.58 bits per heavy atom.